The fourth-order valence-electron chi connectivity index (χ4n) is 4.67. The highest BCUT2D eigenvalue weighted by atomic mass is 32.1. The van der Waals surface area contributed by atoms with Crippen molar-refractivity contribution in [2.45, 2.75) is 37.8 Å². The molecule has 0 aliphatic heterocycles. The lowest BCUT2D eigenvalue weighted by Crippen LogP contribution is -2.21. The summed E-state index contributed by atoms with van der Waals surface area (Å²) in [5.74, 6) is 0.877. The molecule has 164 valence electrons. The number of hydrogen-bond acceptors (Lipinski definition) is 8. The topological polar surface area (TPSA) is 127 Å². The fourth-order valence-corrected chi connectivity index (χ4v) is 5.64. The second kappa shape index (κ2) is 7.69. The second-order valence-corrected chi connectivity index (χ2v) is 9.42. The van der Waals surface area contributed by atoms with Crippen LogP contribution in [-0.2, 0) is 0 Å². The number of thiophene rings is 1. The number of aliphatic hydroxyl groups is 1. The summed E-state index contributed by atoms with van der Waals surface area (Å²) in [6.45, 7) is 0. The Labute approximate surface area is 192 Å². The van der Waals surface area contributed by atoms with Crippen LogP contribution in [0.2, 0.25) is 0 Å². The van der Waals surface area contributed by atoms with Crippen LogP contribution in [0.3, 0.4) is 0 Å². The van der Waals surface area contributed by atoms with Crippen LogP contribution in [0.25, 0.3) is 43.5 Å². The number of nitriles is 1. The molecule has 5 aromatic rings. The monoisotopic (exact) mass is 456 g/mol. The van der Waals surface area contributed by atoms with E-state index in [0.29, 0.717) is 22.0 Å². The van der Waals surface area contributed by atoms with Gasteiger partial charge in [-0.05, 0) is 37.8 Å². The van der Waals surface area contributed by atoms with Crippen LogP contribution in [0.5, 0.6) is 0 Å². The molecule has 0 atom stereocenters. The van der Waals surface area contributed by atoms with E-state index in [1.54, 1.807) is 18.6 Å². The van der Waals surface area contributed by atoms with Gasteiger partial charge in [0.05, 0.1) is 28.6 Å². The van der Waals surface area contributed by atoms with Crippen molar-refractivity contribution in [3.05, 3.63) is 48.0 Å². The number of furan rings is 1. The number of nitrogen functional groups attached to an aromatic ring is 1. The highest BCUT2D eigenvalue weighted by Gasteiger charge is 2.23. The van der Waals surface area contributed by atoms with Gasteiger partial charge < -0.3 is 15.3 Å². The Morgan fingerprint density at radius 3 is 2.85 bits per heavy atom. The molecule has 1 saturated carbocycles. The summed E-state index contributed by atoms with van der Waals surface area (Å²) < 4.78 is 9.09. The maximum Gasteiger partial charge on any atom is 0.177 e. The molecule has 8 nitrogen and oxygen atoms in total. The van der Waals surface area contributed by atoms with E-state index >= 15 is 0 Å². The Bertz CT molecular complexity index is 1530. The van der Waals surface area contributed by atoms with Crippen molar-refractivity contribution < 1.29 is 9.52 Å². The minimum Gasteiger partial charge on any atom is -0.452 e. The third-order valence-corrected chi connectivity index (χ3v) is 7.43. The van der Waals surface area contributed by atoms with Gasteiger partial charge in [-0.3, -0.25) is 9.67 Å². The Morgan fingerprint density at radius 2 is 2.03 bits per heavy atom. The van der Waals surface area contributed by atoms with Crippen molar-refractivity contribution in [2.24, 2.45) is 0 Å². The molecule has 5 heterocycles. The van der Waals surface area contributed by atoms with Gasteiger partial charge in [0, 0.05) is 46.7 Å². The molecular weight excluding hydrogens is 436 g/mol. The van der Waals surface area contributed by atoms with Crippen LogP contribution < -0.4 is 5.73 Å². The number of hydrogen-bond donors (Lipinski definition) is 2. The number of pyridine rings is 2. The van der Waals surface area contributed by atoms with Crippen LogP contribution in [0.1, 0.15) is 36.6 Å². The van der Waals surface area contributed by atoms with E-state index in [1.165, 1.54) is 11.3 Å². The molecule has 1 aliphatic carbocycles. The van der Waals surface area contributed by atoms with E-state index in [0.717, 1.165) is 57.8 Å². The SMILES string of the molecule is N#Cc1sc2cnccc2c1-c1cc2c(-c3cnn(C4CCC(O)CC4)c3)cnc(N)c2o1. The summed E-state index contributed by atoms with van der Waals surface area (Å²) in [6, 6.07) is 6.39. The number of rotatable bonds is 3. The van der Waals surface area contributed by atoms with Gasteiger partial charge in [-0.1, -0.05) is 0 Å². The normalized spacial score (nSPS) is 18.7. The van der Waals surface area contributed by atoms with Crippen molar-refractivity contribution in [2.75, 3.05) is 5.73 Å². The molecule has 0 spiro atoms. The van der Waals surface area contributed by atoms with Crippen molar-refractivity contribution in [3.8, 4) is 28.5 Å². The zero-order valence-corrected chi connectivity index (χ0v) is 18.4. The summed E-state index contributed by atoms with van der Waals surface area (Å²) in [6.07, 6.45) is 12.3. The van der Waals surface area contributed by atoms with Gasteiger partial charge in [-0.25, -0.2) is 4.98 Å². The minimum atomic E-state index is -0.205. The largest absolute Gasteiger partial charge is 0.452 e. The van der Waals surface area contributed by atoms with Crippen LogP contribution in [0, 0.1) is 11.3 Å². The molecule has 5 aromatic heterocycles. The standard InChI is InChI=1S/C24H20N6O2S/c25-8-20-22(16-5-6-27-11-21(16)33-20)19-7-17-18(10-28-24(26)23(17)32-19)13-9-29-30(12-13)14-1-3-15(31)4-2-14/h5-7,9-12,14-15,31H,1-4H2,(H2,26,28). The average Bonchev–Trinajstić information content (AvgIpc) is 3.56. The van der Waals surface area contributed by atoms with Gasteiger partial charge in [0.2, 0.25) is 0 Å². The Kier molecular flexibility index (Phi) is 4.64. The molecule has 6 rings (SSSR count). The first-order valence-corrected chi connectivity index (χ1v) is 11.6. The minimum absolute atomic E-state index is 0.205. The second-order valence-electron chi connectivity index (χ2n) is 8.37. The lowest BCUT2D eigenvalue weighted by Gasteiger charge is -2.25. The molecule has 0 amide bonds. The number of aliphatic hydroxyl groups excluding tert-OH is 1. The number of anilines is 1. The average molecular weight is 457 g/mol. The van der Waals surface area contributed by atoms with Crippen molar-refractivity contribution >= 4 is 38.2 Å². The highest BCUT2D eigenvalue weighted by Crippen LogP contribution is 2.43. The molecule has 3 N–H and O–H groups in total. The smallest absolute Gasteiger partial charge is 0.177 e. The summed E-state index contributed by atoms with van der Waals surface area (Å²) in [5, 5.41) is 25.9. The highest BCUT2D eigenvalue weighted by molar-refractivity contribution is 7.20. The third-order valence-electron chi connectivity index (χ3n) is 6.38. The maximum atomic E-state index is 9.80. The first-order chi connectivity index (χ1) is 16.1. The zero-order chi connectivity index (χ0) is 22.5. The molecule has 9 heteroatoms. The van der Waals surface area contributed by atoms with Crippen molar-refractivity contribution in [1.29, 1.82) is 5.26 Å². The summed E-state index contributed by atoms with van der Waals surface area (Å²) in [4.78, 5) is 9.09. The van der Waals surface area contributed by atoms with Crippen LogP contribution in [0.4, 0.5) is 5.82 Å². The summed E-state index contributed by atoms with van der Waals surface area (Å²) in [7, 11) is 0. The van der Waals surface area contributed by atoms with Crippen LogP contribution in [-0.4, -0.2) is 31.0 Å². The Balaban J connectivity index is 1.47. The predicted molar refractivity (Wildman–Crippen MR) is 126 cm³/mol. The van der Waals surface area contributed by atoms with E-state index in [2.05, 4.69) is 21.1 Å². The molecule has 1 aliphatic rings. The Hall–Kier alpha value is -3.74. The maximum absolute atomic E-state index is 9.80. The van der Waals surface area contributed by atoms with Gasteiger partial charge in [-0.2, -0.15) is 10.4 Å². The molecule has 1 fully saturated rings. The van der Waals surface area contributed by atoms with Gasteiger partial charge in [0.25, 0.3) is 0 Å². The van der Waals surface area contributed by atoms with Crippen molar-refractivity contribution in [3.63, 3.8) is 0 Å². The van der Waals surface area contributed by atoms with Gasteiger partial charge in [-0.15, -0.1) is 11.3 Å². The van der Waals surface area contributed by atoms with Crippen LogP contribution in [0.15, 0.2) is 47.5 Å². The number of nitrogens with two attached hydrogens (primary N) is 1. The molecule has 0 bridgehead atoms. The number of aromatic nitrogens is 4. The first-order valence-electron chi connectivity index (χ1n) is 10.8. The predicted octanol–water partition coefficient (Wildman–Crippen LogP) is 4.90. The van der Waals surface area contributed by atoms with E-state index in [9.17, 15) is 10.4 Å². The fraction of sp³-hybridized carbons (Fsp3) is 0.250. The summed E-state index contributed by atoms with van der Waals surface area (Å²) >= 11 is 1.39. The number of fused-ring (bicyclic) bond motifs is 2. The van der Waals surface area contributed by atoms with Gasteiger partial charge >= 0.3 is 0 Å². The zero-order valence-electron chi connectivity index (χ0n) is 17.6. The molecule has 33 heavy (non-hydrogen) atoms. The van der Waals surface area contributed by atoms with E-state index in [4.69, 9.17) is 10.2 Å². The van der Waals surface area contributed by atoms with Crippen LogP contribution >= 0.6 is 11.3 Å². The van der Waals surface area contributed by atoms with E-state index in [-0.39, 0.29) is 12.1 Å². The molecule has 0 saturated heterocycles. The quantitative estimate of drug-likeness (QED) is 0.395. The van der Waals surface area contributed by atoms with Gasteiger partial charge in [0.1, 0.15) is 16.7 Å². The molecule has 0 aromatic carbocycles. The Morgan fingerprint density at radius 1 is 1.18 bits per heavy atom. The summed E-state index contributed by atoms with van der Waals surface area (Å²) in [5.41, 5.74) is 9.20. The lowest BCUT2D eigenvalue weighted by atomic mass is 9.93. The molecular formula is C24H20N6O2S. The van der Waals surface area contributed by atoms with Gasteiger partial charge in [0.15, 0.2) is 11.4 Å². The molecule has 0 radical (unpaired) electrons. The first kappa shape index (κ1) is 19.9. The van der Waals surface area contributed by atoms with E-state index < -0.39 is 0 Å². The van der Waals surface area contributed by atoms with Crippen molar-refractivity contribution in [1.82, 2.24) is 19.7 Å². The molecule has 0 unspecified atom stereocenters. The third kappa shape index (κ3) is 3.26. The lowest BCUT2D eigenvalue weighted by molar-refractivity contribution is 0.108. The number of nitrogens with zero attached hydrogens (tertiary/aromatic N) is 5. The van der Waals surface area contributed by atoms with E-state index in [1.807, 2.05) is 29.2 Å².